The molecule has 1 aromatic rings. The summed E-state index contributed by atoms with van der Waals surface area (Å²) in [5.41, 5.74) is 5.67. The van der Waals surface area contributed by atoms with Crippen molar-refractivity contribution >= 4 is 10.0 Å². The number of nitrogens with two attached hydrogens (primary N) is 1. The monoisotopic (exact) mass is 310 g/mol. The first-order valence-corrected chi connectivity index (χ1v) is 8.00. The third kappa shape index (κ3) is 3.83. The minimum atomic E-state index is -3.71. The molecule has 0 aromatic heterocycles. The fourth-order valence-electron chi connectivity index (χ4n) is 1.68. The zero-order chi connectivity index (χ0) is 16.3. The predicted molar refractivity (Wildman–Crippen MR) is 83.2 cm³/mol. The van der Waals surface area contributed by atoms with Gasteiger partial charge in [0.1, 0.15) is 0 Å². The largest absolute Gasteiger partial charge is 0.394 e. The van der Waals surface area contributed by atoms with Crippen molar-refractivity contribution in [1.29, 1.82) is 0 Å². The Morgan fingerprint density at radius 2 is 2.00 bits per heavy atom. The summed E-state index contributed by atoms with van der Waals surface area (Å²) >= 11 is 0. The molecule has 0 bridgehead atoms. The molecule has 0 fully saturated rings. The number of benzene rings is 1. The third-order valence-electron chi connectivity index (χ3n) is 3.40. The van der Waals surface area contributed by atoms with Crippen molar-refractivity contribution in [2.75, 3.05) is 20.2 Å². The van der Waals surface area contributed by atoms with Gasteiger partial charge in [-0.1, -0.05) is 17.9 Å². The fraction of sp³-hybridized carbons (Fsp3) is 0.467. The van der Waals surface area contributed by atoms with Gasteiger partial charge in [0.25, 0.3) is 0 Å². The van der Waals surface area contributed by atoms with Gasteiger partial charge in [-0.05, 0) is 38.5 Å². The van der Waals surface area contributed by atoms with Crippen molar-refractivity contribution in [3.8, 4) is 11.8 Å². The highest BCUT2D eigenvalue weighted by atomic mass is 32.2. The Bertz CT molecular complexity index is 670. The van der Waals surface area contributed by atoms with Crippen LogP contribution in [-0.2, 0) is 10.0 Å². The second kappa shape index (κ2) is 6.58. The van der Waals surface area contributed by atoms with E-state index in [2.05, 4.69) is 11.8 Å². The summed E-state index contributed by atoms with van der Waals surface area (Å²) in [6.45, 7) is 5.00. The van der Waals surface area contributed by atoms with E-state index in [4.69, 9.17) is 5.73 Å². The van der Waals surface area contributed by atoms with Gasteiger partial charge in [-0.2, -0.15) is 4.31 Å². The van der Waals surface area contributed by atoms with Gasteiger partial charge in [0.15, 0.2) is 0 Å². The summed E-state index contributed by atoms with van der Waals surface area (Å²) in [6.07, 6.45) is 0. The molecule has 0 saturated heterocycles. The number of aliphatic hydroxyl groups excluding tert-OH is 1. The van der Waals surface area contributed by atoms with Gasteiger partial charge in [-0.3, -0.25) is 0 Å². The highest BCUT2D eigenvalue weighted by Gasteiger charge is 2.34. The minimum Gasteiger partial charge on any atom is -0.394 e. The van der Waals surface area contributed by atoms with E-state index in [1.807, 2.05) is 0 Å². The molecular weight excluding hydrogens is 288 g/mol. The highest BCUT2D eigenvalue weighted by molar-refractivity contribution is 7.89. The predicted octanol–water partition coefficient (Wildman–Crippen LogP) is 0.697. The zero-order valence-corrected chi connectivity index (χ0v) is 13.7. The fourth-order valence-corrected chi connectivity index (χ4v) is 3.44. The standard InChI is InChI=1S/C15H22N2O3S/c1-12-7-8-13(6-5-9-16)10-14(12)21(19,20)17(4)15(2,3)11-18/h7-8,10,18H,9,11,16H2,1-4H3. The Balaban J connectivity index is 3.38. The summed E-state index contributed by atoms with van der Waals surface area (Å²) in [6, 6.07) is 5.01. The summed E-state index contributed by atoms with van der Waals surface area (Å²) in [7, 11) is -2.25. The van der Waals surface area contributed by atoms with Crippen LogP contribution in [0, 0.1) is 18.8 Å². The summed E-state index contributed by atoms with van der Waals surface area (Å²) < 4.78 is 26.6. The van der Waals surface area contributed by atoms with E-state index >= 15 is 0 Å². The van der Waals surface area contributed by atoms with Crippen molar-refractivity contribution in [1.82, 2.24) is 4.31 Å². The van der Waals surface area contributed by atoms with Crippen molar-refractivity contribution in [3.63, 3.8) is 0 Å². The summed E-state index contributed by atoms with van der Waals surface area (Å²) in [4.78, 5) is 0.190. The quantitative estimate of drug-likeness (QED) is 0.802. The van der Waals surface area contributed by atoms with E-state index in [0.29, 0.717) is 11.1 Å². The summed E-state index contributed by atoms with van der Waals surface area (Å²) in [5.74, 6) is 5.53. The molecule has 0 aliphatic rings. The van der Waals surface area contributed by atoms with Crippen LogP contribution in [0.1, 0.15) is 25.0 Å². The van der Waals surface area contributed by atoms with Crippen LogP contribution in [0.5, 0.6) is 0 Å². The second-order valence-corrected chi connectivity index (χ2v) is 7.37. The molecule has 0 saturated carbocycles. The maximum atomic E-state index is 12.7. The highest BCUT2D eigenvalue weighted by Crippen LogP contribution is 2.25. The van der Waals surface area contributed by atoms with Crippen LogP contribution in [-0.4, -0.2) is 43.6 Å². The molecular formula is C15H22N2O3S. The van der Waals surface area contributed by atoms with Crippen molar-refractivity contribution in [2.45, 2.75) is 31.2 Å². The normalized spacial score (nSPS) is 12.1. The topological polar surface area (TPSA) is 83.6 Å². The van der Waals surface area contributed by atoms with Crippen LogP contribution in [0.25, 0.3) is 0 Å². The molecule has 0 unspecified atom stereocenters. The number of rotatable bonds is 4. The number of hydrogen-bond donors (Lipinski definition) is 2. The Morgan fingerprint density at radius 1 is 1.38 bits per heavy atom. The number of sulfonamides is 1. The van der Waals surface area contributed by atoms with Gasteiger partial charge >= 0.3 is 0 Å². The SMILES string of the molecule is Cc1ccc(C#CCN)cc1S(=O)(=O)N(C)C(C)(C)CO. The third-order valence-corrected chi connectivity index (χ3v) is 5.61. The van der Waals surface area contributed by atoms with Crippen molar-refractivity contribution in [2.24, 2.45) is 5.73 Å². The molecule has 5 nitrogen and oxygen atoms in total. The molecule has 6 heteroatoms. The molecule has 0 aliphatic carbocycles. The van der Waals surface area contributed by atoms with Gasteiger partial charge in [0.05, 0.1) is 23.6 Å². The molecule has 0 aliphatic heterocycles. The average Bonchev–Trinajstić information content (AvgIpc) is 2.45. The van der Waals surface area contributed by atoms with Gasteiger partial charge < -0.3 is 10.8 Å². The van der Waals surface area contributed by atoms with Crippen LogP contribution in [0.4, 0.5) is 0 Å². The molecule has 0 heterocycles. The number of aryl methyl sites for hydroxylation is 1. The lowest BCUT2D eigenvalue weighted by molar-refractivity contribution is 0.138. The Hall–Kier alpha value is -1.39. The lowest BCUT2D eigenvalue weighted by atomic mass is 10.1. The number of likely N-dealkylation sites (N-methyl/N-ethyl adjacent to an activating group) is 1. The minimum absolute atomic E-state index is 0.190. The van der Waals surface area contributed by atoms with E-state index in [1.165, 1.54) is 17.4 Å². The Labute approximate surface area is 126 Å². The smallest absolute Gasteiger partial charge is 0.243 e. The maximum Gasteiger partial charge on any atom is 0.243 e. The van der Waals surface area contributed by atoms with Crippen LogP contribution >= 0.6 is 0 Å². The number of nitrogens with zero attached hydrogens (tertiary/aromatic N) is 1. The van der Waals surface area contributed by atoms with Gasteiger partial charge in [0, 0.05) is 12.6 Å². The Kier molecular flexibility index (Phi) is 5.54. The molecule has 0 amide bonds. The Morgan fingerprint density at radius 3 is 2.52 bits per heavy atom. The lowest BCUT2D eigenvalue weighted by Crippen LogP contribution is -2.47. The first kappa shape index (κ1) is 17.7. The van der Waals surface area contributed by atoms with E-state index in [1.54, 1.807) is 32.9 Å². The molecule has 3 N–H and O–H groups in total. The van der Waals surface area contributed by atoms with Gasteiger partial charge in [-0.25, -0.2) is 8.42 Å². The van der Waals surface area contributed by atoms with E-state index in [9.17, 15) is 13.5 Å². The second-order valence-electron chi connectivity index (χ2n) is 5.43. The van der Waals surface area contributed by atoms with Crippen LogP contribution < -0.4 is 5.73 Å². The zero-order valence-electron chi connectivity index (χ0n) is 12.8. The average molecular weight is 310 g/mol. The van der Waals surface area contributed by atoms with Crippen molar-refractivity contribution in [3.05, 3.63) is 29.3 Å². The van der Waals surface area contributed by atoms with Gasteiger partial charge in [-0.15, -0.1) is 0 Å². The number of aliphatic hydroxyl groups is 1. The van der Waals surface area contributed by atoms with Crippen LogP contribution in [0.3, 0.4) is 0 Å². The molecule has 0 atom stereocenters. The molecule has 0 spiro atoms. The van der Waals surface area contributed by atoms with Gasteiger partial charge in [0.2, 0.25) is 10.0 Å². The van der Waals surface area contributed by atoms with Crippen LogP contribution in [0.15, 0.2) is 23.1 Å². The van der Waals surface area contributed by atoms with E-state index in [-0.39, 0.29) is 18.0 Å². The summed E-state index contributed by atoms with van der Waals surface area (Å²) in [5, 5.41) is 9.37. The molecule has 1 rings (SSSR count). The molecule has 116 valence electrons. The van der Waals surface area contributed by atoms with E-state index in [0.717, 1.165) is 0 Å². The molecule has 21 heavy (non-hydrogen) atoms. The first-order chi connectivity index (χ1) is 9.66. The number of hydrogen-bond acceptors (Lipinski definition) is 4. The first-order valence-electron chi connectivity index (χ1n) is 6.56. The van der Waals surface area contributed by atoms with Crippen molar-refractivity contribution < 1.29 is 13.5 Å². The van der Waals surface area contributed by atoms with Crippen LogP contribution in [0.2, 0.25) is 0 Å². The lowest BCUT2D eigenvalue weighted by Gasteiger charge is -2.33. The maximum absolute atomic E-state index is 12.7. The molecule has 0 radical (unpaired) electrons. The molecule has 1 aromatic carbocycles. The van der Waals surface area contributed by atoms with E-state index < -0.39 is 15.6 Å².